The third kappa shape index (κ3) is 5.55. The minimum Gasteiger partial charge on any atom is -0.508 e. The molecule has 9 nitrogen and oxygen atoms in total. The maximum atomic E-state index is 13.1. The molecule has 0 unspecified atom stereocenters. The fourth-order valence-corrected chi connectivity index (χ4v) is 5.37. The van der Waals surface area contributed by atoms with Gasteiger partial charge in [0.2, 0.25) is 0 Å². The fourth-order valence-electron chi connectivity index (χ4n) is 3.17. The van der Waals surface area contributed by atoms with Gasteiger partial charge in [-0.15, -0.1) is 0 Å². The fraction of sp³-hybridized carbons (Fsp3) is 0.273. The van der Waals surface area contributed by atoms with Crippen molar-refractivity contribution in [2.75, 3.05) is 30.2 Å². The highest BCUT2D eigenvalue weighted by atomic mass is 32.2. The molecule has 0 bridgehead atoms. The van der Waals surface area contributed by atoms with E-state index in [0.29, 0.717) is 35.2 Å². The minimum atomic E-state index is -3.99. The van der Waals surface area contributed by atoms with Crippen molar-refractivity contribution in [3.05, 3.63) is 48.2 Å². The van der Waals surface area contributed by atoms with Crippen molar-refractivity contribution >= 4 is 38.2 Å². The third-order valence-electron chi connectivity index (χ3n) is 4.90. The van der Waals surface area contributed by atoms with Gasteiger partial charge in [0.25, 0.3) is 10.0 Å². The van der Waals surface area contributed by atoms with E-state index in [1.165, 1.54) is 48.8 Å². The average Bonchev–Trinajstić information content (AvgIpc) is 3.15. The lowest BCUT2D eigenvalue weighted by Gasteiger charge is -2.17. The first-order valence-corrected chi connectivity index (χ1v) is 12.5. The Morgan fingerprint density at radius 1 is 1.15 bits per heavy atom. The van der Waals surface area contributed by atoms with Crippen molar-refractivity contribution in [3.63, 3.8) is 0 Å². The van der Waals surface area contributed by atoms with Crippen molar-refractivity contribution in [1.82, 2.24) is 9.88 Å². The summed E-state index contributed by atoms with van der Waals surface area (Å²) >= 11 is 1.26. The highest BCUT2D eigenvalue weighted by Crippen LogP contribution is 2.37. The molecule has 0 aliphatic rings. The number of methoxy groups -OCH3 is 1. The summed E-state index contributed by atoms with van der Waals surface area (Å²) in [5.74, 6) is 0.212. The smallest absolute Gasteiger partial charge is 0.323 e. The van der Waals surface area contributed by atoms with Gasteiger partial charge in [0.1, 0.15) is 16.4 Å². The van der Waals surface area contributed by atoms with Crippen LogP contribution < -0.4 is 14.8 Å². The summed E-state index contributed by atoms with van der Waals surface area (Å²) in [6.45, 7) is 6.74. The van der Waals surface area contributed by atoms with E-state index >= 15 is 0 Å². The Morgan fingerprint density at radius 2 is 1.82 bits per heavy atom. The van der Waals surface area contributed by atoms with Crippen LogP contribution in [-0.2, 0) is 10.0 Å². The van der Waals surface area contributed by atoms with E-state index in [2.05, 4.69) is 15.0 Å². The Kier molecular flexibility index (Phi) is 7.44. The number of hydrogen-bond acceptors (Lipinski definition) is 7. The van der Waals surface area contributed by atoms with E-state index in [9.17, 15) is 18.3 Å². The second-order valence-electron chi connectivity index (χ2n) is 7.05. The Labute approximate surface area is 197 Å². The molecule has 3 aromatic rings. The van der Waals surface area contributed by atoms with Crippen molar-refractivity contribution in [2.24, 2.45) is 0 Å². The van der Waals surface area contributed by atoms with Crippen molar-refractivity contribution in [2.45, 2.75) is 25.7 Å². The SMILES string of the molecule is CCN(CC)C(=O)Nc1nc(C)c(-c2ccc(OC)c(S(=O)(=O)Nc3ccc(O)cc3)c2)s1. The summed E-state index contributed by atoms with van der Waals surface area (Å²) in [6, 6.07) is 10.3. The number of nitrogens with zero attached hydrogens (tertiary/aromatic N) is 2. The number of amides is 2. The zero-order valence-electron chi connectivity index (χ0n) is 18.7. The molecule has 0 saturated heterocycles. The van der Waals surface area contributed by atoms with E-state index in [1.807, 2.05) is 13.8 Å². The summed E-state index contributed by atoms with van der Waals surface area (Å²) in [5.41, 5.74) is 1.59. The van der Waals surface area contributed by atoms with E-state index in [0.717, 1.165) is 4.88 Å². The first-order chi connectivity index (χ1) is 15.7. The second kappa shape index (κ2) is 10.1. The van der Waals surface area contributed by atoms with E-state index in [4.69, 9.17) is 4.74 Å². The molecule has 11 heteroatoms. The highest BCUT2D eigenvalue weighted by molar-refractivity contribution is 7.92. The molecular formula is C22H26N4O5S2. The molecule has 2 aromatic carbocycles. The number of phenols is 1. The van der Waals surface area contributed by atoms with Gasteiger partial charge in [-0.1, -0.05) is 11.3 Å². The van der Waals surface area contributed by atoms with Crippen LogP contribution in [-0.4, -0.2) is 49.6 Å². The van der Waals surface area contributed by atoms with Gasteiger partial charge in [0.05, 0.1) is 17.7 Å². The predicted octanol–water partition coefficient (Wildman–Crippen LogP) is 4.51. The number of nitrogens with one attached hydrogen (secondary N) is 2. The number of ether oxygens (including phenoxy) is 1. The molecular weight excluding hydrogens is 464 g/mol. The van der Waals surface area contributed by atoms with Gasteiger partial charge in [-0.05, 0) is 68.8 Å². The van der Waals surface area contributed by atoms with Gasteiger partial charge >= 0.3 is 6.03 Å². The summed E-state index contributed by atoms with van der Waals surface area (Å²) in [4.78, 5) is 19.1. The summed E-state index contributed by atoms with van der Waals surface area (Å²) in [7, 11) is -2.60. The molecule has 3 rings (SSSR count). The van der Waals surface area contributed by atoms with Crippen molar-refractivity contribution < 1.29 is 23.1 Å². The zero-order valence-corrected chi connectivity index (χ0v) is 20.4. The van der Waals surface area contributed by atoms with Gasteiger partial charge in [-0.2, -0.15) is 0 Å². The Hall–Kier alpha value is -3.31. The molecule has 0 aliphatic heterocycles. The molecule has 2 amide bonds. The third-order valence-corrected chi connectivity index (χ3v) is 7.42. The van der Waals surface area contributed by atoms with Crippen LogP contribution in [0, 0.1) is 6.92 Å². The van der Waals surface area contributed by atoms with Crippen LogP contribution in [0.2, 0.25) is 0 Å². The minimum absolute atomic E-state index is 0.0297. The number of anilines is 2. The van der Waals surface area contributed by atoms with E-state index in [-0.39, 0.29) is 22.4 Å². The monoisotopic (exact) mass is 490 g/mol. The Morgan fingerprint density at radius 3 is 2.42 bits per heavy atom. The van der Waals surface area contributed by atoms with Gasteiger partial charge in [-0.25, -0.2) is 18.2 Å². The normalized spacial score (nSPS) is 11.2. The number of phenolic OH excluding ortho intramolecular Hbond substituents is 1. The number of rotatable bonds is 8. The number of aromatic hydroxyl groups is 1. The summed E-state index contributed by atoms with van der Waals surface area (Å²) < 4.78 is 34.0. The lowest BCUT2D eigenvalue weighted by atomic mass is 10.1. The van der Waals surface area contributed by atoms with Crippen LogP contribution in [0.4, 0.5) is 15.6 Å². The number of benzene rings is 2. The first-order valence-electron chi connectivity index (χ1n) is 10.2. The molecule has 0 aliphatic carbocycles. The number of urea groups is 1. The van der Waals surface area contributed by atoms with E-state index in [1.54, 1.807) is 24.0 Å². The molecule has 0 saturated carbocycles. The van der Waals surface area contributed by atoms with Gasteiger partial charge in [0.15, 0.2) is 5.13 Å². The van der Waals surface area contributed by atoms with Gasteiger partial charge < -0.3 is 14.7 Å². The first kappa shape index (κ1) is 24.3. The number of aromatic nitrogens is 1. The molecule has 1 aromatic heterocycles. The van der Waals surface area contributed by atoms with Crippen LogP contribution in [0.1, 0.15) is 19.5 Å². The highest BCUT2D eigenvalue weighted by Gasteiger charge is 2.22. The largest absolute Gasteiger partial charge is 0.508 e. The standard InChI is InChI=1S/C22H26N4O5S2/c1-5-26(6-2)22(28)24-21-23-14(3)20(32-21)15-7-12-18(31-4)19(13-15)33(29,30)25-16-8-10-17(27)11-9-16/h7-13,25,27H,5-6H2,1-4H3,(H,23,24,28). The predicted molar refractivity (Wildman–Crippen MR) is 130 cm³/mol. The number of carbonyl (C=O) groups excluding carboxylic acids is 1. The Balaban J connectivity index is 1.94. The second-order valence-corrected chi connectivity index (χ2v) is 9.70. The van der Waals surface area contributed by atoms with E-state index < -0.39 is 10.0 Å². The lowest BCUT2D eigenvalue weighted by Crippen LogP contribution is -2.34. The van der Waals surface area contributed by atoms with Crippen molar-refractivity contribution in [1.29, 1.82) is 0 Å². The van der Waals surface area contributed by atoms with Crippen LogP contribution in [0.25, 0.3) is 10.4 Å². The quantitative estimate of drug-likeness (QED) is 0.400. The maximum absolute atomic E-state index is 13.1. The molecule has 1 heterocycles. The zero-order chi connectivity index (χ0) is 24.2. The topological polar surface area (TPSA) is 121 Å². The molecule has 0 spiro atoms. The number of thiazole rings is 1. The Bertz CT molecular complexity index is 1240. The average molecular weight is 491 g/mol. The molecule has 0 atom stereocenters. The maximum Gasteiger partial charge on any atom is 0.323 e. The lowest BCUT2D eigenvalue weighted by molar-refractivity contribution is 0.217. The number of aryl methyl sites for hydroxylation is 1. The van der Waals surface area contributed by atoms with Gasteiger partial charge in [-0.3, -0.25) is 10.0 Å². The number of carbonyl (C=O) groups is 1. The molecule has 3 N–H and O–H groups in total. The molecule has 0 fully saturated rings. The van der Waals surface area contributed by atoms with Crippen LogP contribution in [0.5, 0.6) is 11.5 Å². The van der Waals surface area contributed by atoms with Crippen molar-refractivity contribution in [3.8, 4) is 21.9 Å². The summed E-state index contributed by atoms with van der Waals surface area (Å²) in [5, 5.41) is 12.7. The molecule has 0 radical (unpaired) electrons. The van der Waals surface area contributed by atoms with Crippen LogP contribution in [0.15, 0.2) is 47.4 Å². The van der Waals surface area contributed by atoms with Gasteiger partial charge in [0, 0.05) is 18.8 Å². The molecule has 33 heavy (non-hydrogen) atoms. The molecule has 176 valence electrons. The van der Waals surface area contributed by atoms with Crippen LogP contribution in [0.3, 0.4) is 0 Å². The number of hydrogen-bond donors (Lipinski definition) is 3. The summed E-state index contributed by atoms with van der Waals surface area (Å²) in [6.07, 6.45) is 0. The number of sulfonamides is 1. The van der Waals surface area contributed by atoms with Crippen LogP contribution >= 0.6 is 11.3 Å².